The number of carbonyl (C=O) groups is 1. The maximum atomic E-state index is 12.1. The van der Waals surface area contributed by atoms with Gasteiger partial charge in [0.15, 0.2) is 0 Å². The van der Waals surface area contributed by atoms with Gasteiger partial charge in [-0.05, 0) is 12.1 Å². The Balaban J connectivity index is 2.10. The van der Waals surface area contributed by atoms with Crippen LogP contribution in [0.1, 0.15) is 0 Å². The Hall–Kier alpha value is -1.46. The van der Waals surface area contributed by atoms with E-state index in [1.807, 2.05) is 6.07 Å². The van der Waals surface area contributed by atoms with Crippen LogP contribution < -0.4 is 10.6 Å². The zero-order chi connectivity index (χ0) is 11.5. The normalized spacial score (nSPS) is 24.4. The van der Waals surface area contributed by atoms with E-state index in [4.69, 9.17) is 10.5 Å². The summed E-state index contributed by atoms with van der Waals surface area (Å²) >= 11 is 0. The molecule has 2 heterocycles. The van der Waals surface area contributed by atoms with Crippen molar-refractivity contribution < 1.29 is 9.53 Å². The number of carbonyl (C=O) groups excluding carboxylic acids is 1. The Bertz CT molecular complexity index is 369. The molecule has 2 rings (SSSR count). The van der Waals surface area contributed by atoms with Gasteiger partial charge in [0, 0.05) is 19.3 Å². The summed E-state index contributed by atoms with van der Waals surface area (Å²) in [5.74, 6) is -0.261. The van der Waals surface area contributed by atoms with Crippen LogP contribution >= 0.6 is 0 Å². The van der Waals surface area contributed by atoms with Crippen LogP contribution in [0.25, 0.3) is 0 Å². The fourth-order valence-electron chi connectivity index (χ4n) is 1.75. The van der Waals surface area contributed by atoms with Crippen LogP contribution in [0.5, 0.6) is 0 Å². The number of pyridine rings is 1. The number of hydrogen-bond donors (Lipinski definition) is 1. The summed E-state index contributed by atoms with van der Waals surface area (Å²) in [6.07, 6.45) is 3.32. The maximum absolute atomic E-state index is 12.1. The Morgan fingerprint density at radius 3 is 3.00 bits per heavy atom. The number of amides is 1. The molecule has 16 heavy (non-hydrogen) atoms. The fourth-order valence-corrected chi connectivity index (χ4v) is 1.75. The minimum absolute atomic E-state index is 0.0157. The molecule has 0 radical (unpaired) electrons. The first-order valence-corrected chi connectivity index (χ1v) is 5.21. The van der Waals surface area contributed by atoms with Crippen LogP contribution in [0, 0.1) is 5.92 Å². The number of hydrogen-bond acceptors (Lipinski definition) is 4. The summed E-state index contributed by atoms with van der Waals surface area (Å²) in [5, 5.41) is 0. The van der Waals surface area contributed by atoms with Crippen molar-refractivity contribution in [3.63, 3.8) is 0 Å². The van der Waals surface area contributed by atoms with Crippen LogP contribution in [0.2, 0.25) is 0 Å². The third-order valence-corrected chi connectivity index (χ3v) is 2.81. The lowest BCUT2D eigenvalue weighted by Crippen LogP contribution is -2.42. The monoisotopic (exact) mass is 221 g/mol. The van der Waals surface area contributed by atoms with Crippen LogP contribution in [-0.2, 0) is 9.53 Å². The van der Waals surface area contributed by atoms with Gasteiger partial charge in [-0.2, -0.15) is 0 Å². The van der Waals surface area contributed by atoms with E-state index >= 15 is 0 Å². The highest BCUT2D eigenvalue weighted by molar-refractivity contribution is 5.95. The molecule has 1 aromatic heterocycles. The molecule has 1 aromatic rings. The molecule has 1 aliphatic heterocycles. The molecule has 1 amide bonds. The summed E-state index contributed by atoms with van der Waals surface area (Å²) < 4.78 is 5.19. The first-order chi connectivity index (χ1) is 7.70. The van der Waals surface area contributed by atoms with E-state index in [-0.39, 0.29) is 17.9 Å². The average molecular weight is 221 g/mol. The SMILES string of the molecule is CN(C(=O)C1COCC1N)c1cccnc1. The van der Waals surface area contributed by atoms with E-state index in [1.54, 1.807) is 30.4 Å². The predicted octanol–water partition coefficient (Wildman–Crippen LogP) is 0.0181. The van der Waals surface area contributed by atoms with Crippen LogP contribution in [0.3, 0.4) is 0 Å². The van der Waals surface area contributed by atoms with E-state index in [9.17, 15) is 4.79 Å². The average Bonchev–Trinajstić information content (AvgIpc) is 2.75. The number of rotatable bonds is 2. The van der Waals surface area contributed by atoms with Crippen LogP contribution in [-0.4, -0.2) is 37.2 Å². The Morgan fingerprint density at radius 2 is 2.44 bits per heavy atom. The first kappa shape index (κ1) is 11.0. The molecule has 1 saturated heterocycles. The fraction of sp³-hybridized carbons (Fsp3) is 0.455. The van der Waals surface area contributed by atoms with Gasteiger partial charge in [-0.1, -0.05) is 0 Å². The van der Waals surface area contributed by atoms with Gasteiger partial charge in [0.05, 0.1) is 31.0 Å². The lowest BCUT2D eigenvalue weighted by Gasteiger charge is -2.21. The van der Waals surface area contributed by atoms with Gasteiger partial charge in [-0.25, -0.2) is 0 Å². The molecule has 2 N–H and O–H groups in total. The van der Waals surface area contributed by atoms with Crippen molar-refractivity contribution in [1.82, 2.24) is 4.98 Å². The van der Waals surface area contributed by atoms with E-state index in [0.29, 0.717) is 13.2 Å². The van der Waals surface area contributed by atoms with Crippen LogP contribution in [0.15, 0.2) is 24.5 Å². The zero-order valence-electron chi connectivity index (χ0n) is 9.17. The molecular formula is C11H15N3O2. The van der Waals surface area contributed by atoms with Gasteiger partial charge in [-0.15, -0.1) is 0 Å². The lowest BCUT2D eigenvalue weighted by molar-refractivity contribution is -0.122. The van der Waals surface area contributed by atoms with Gasteiger partial charge >= 0.3 is 0 Å². The van der Waals surface area contributed by atoms with Gasteiger partial charge in [0.2, 0.25) is 5.91 Å². The maximum Gasteiger partial charge on any atom is 0.233 e. The van der Waals surface area contributed by atoms with E-state index in [0.717, 1.165) is 5.69 Å². The van der Waals surface area contributed by atoms with Crippen molar-refractivity contribution in [2.75, 3.05) is 25.2 Å². The summed E-state index contributed by atoms with van der Waals surface area (Å²) in [6, 6.07) is 3.43. The van der Waals surface area contributed by atoms with Crippen LogP contribution in [0.4, 0.5) is 5.69 Å². The van der Waals surface area contributed by atoms with Gasteiger partial charge in [0.1, 0.15) is 0 Å². The third kappa shape index (κ3) is 2.05. The molecule has 5 heteroatoms. The standard InChI is InChI=1S/C11H15N3O2/c1-14(8-3-2-4-13-5-8)11(15)9-6-16-7-10(9)12/h2-5,9-10H,6-7,12H2,1H3. The van der Waals surface area contributed by atoms with E-state index in [1.165, 1.54) is 0 Å². The smallest absolute Gasteiger partial charge is 0.233 e. The molecule has 86 valence electrons. The highest BCUT2D eigenvalue weighted by Gasteiger charge is 2.33. The molecular weight excluding hydrogens is 206 g/mol. The number of nitrogens with two attached hydrogens (primary N) is 1. The quantitative estimate of drug-likeness (QED) is 0.764. The Kier molecular flexibility index (Phi) is 3.17. The third-order valence-electron chi connectivity index (χ3n) is 2.81. The molecule has 0 spiro atoms. The summed E-state index contributed by atoms with van der Waals surface area (Å²) in [6.45, 7) is 0.863. The van der Waals surface area contributed by atoms with Crippen molar-refractivity contribution in [2.24, 2.45) is 11.7 Å². The minimum atomic E-state index is -0.245. The topological polar surface area (TPSA) is 68.5 Å². The highest BCUT2D eigenvalue weighted by Crippen LogP contribution is 2.18. The Labute approximate surface area is 94.2 Å². The highest BCUT2D eigenvalue weighted by atomic mass is 16.5. The van der Waals surface area contributed by atoms with Gasteiger partial charge in [0.25, 0.3) is 0 Å². The molecule has 1 aliphatic rings. The summed E-state index contributed by atoms with van der Waals surface area (Å²) in [4.78, 5) is 17.6. The van der Waals surface area contributed by atoms with Crippen molar-refractivity contribution in [3.8, 4) is 0 Å². The molecule has 0 aromatic carbocycles. The number of aromatic nitrogens is 1. The van der Waals surface area contributed by atoms with Crippen molar-refractivity contribution >= 4 is 11.6 Å². The van der Waals surface area contributed by atoms with Gasteiger partial charge in [-0.3, -0.25) is 9.78 Å². The predicted molar refractivity (Wildman–Crippen MR) is 59.9 cm³/mol. The van der Waals surface area contributed by atoms with Crippen molar-refractivity contribution in [1.29, 1.82) is 0 Å². The number of anilines is 1. The molecule has 5 nitrogen and oxygen atoms in total. The lowest BCUT2D eigenvalue weighted by atomic mass is 10.0. The zero-order valence-corrected chi connectivity index (χ0v) is 9.17. The second-order valence-electron chi connectivity index (χ2n) is 3.92. The molecule has 2 atom stereocenters. The largest absolute Gasteiger partial charge is 0.379 e. The second-order valence-corrected chi connectivity index (χ2v) is 3.92. The molecule has 0 saturated carbocycles. The second kappa shape index (κ2) is 4.59. The molecule has 2 unspecified atom stereocenters. The Morgan fingerprint density at radius 1 is 1.62 bits per heavy atom. The molecule has 1 fully saturated rings. The number of ether oxygens (including phenoxy) is 1. The molecule has 0 aliphatic carbocycles. The van der Waals surface area contributed by atoms with Crippen molar-refractivity contribution in [3.05, 3.63) is 24.5 Å². The van der Waals surface area contributed by atoms with E-state index in [2.05, 4.69) is 4.98 Å². The molecule has 0 bridgehead atoms. The summed E-state index contributed by atoms with van der Waals surface area (Å²) in [7, 11) is 1.73. The van der Waals surface area contributed by atoms with Gasteiger partial charge < -0.3 is 15.4 Å². The minimum Gasteiger partial charge on any atom is -0.379 e. The number of nitrogens with zero attached hydrogens (tertiary/aromatic N) is 2. The van der Waals surface area contributed by atoms with E-state index < -0.39 is 0 Å². The first-order valence-electron chi connectivity index (χ1n) is 5.21. The van der Waals surface area contributed by atoms with Crippen molar-refractivity contribution in [2.45, 2.75) is 6.04 Å². The summed E-state index contributed by atoms with van der Waals surface area (Å²) in [5.41, 5.74) is 6.58.